The Morgan fingerprint density at radius 2 is 1.81 bits per heavy atom. The molecule has 0 bridgehead atoms. The fourth-order valence-corrected chi connectivity index (χ4v) is 6.61. The number of amides is 1. The maximum absolute atomic E-state index is 15.5. The first-order valence-electron chi connectivity index (χ1n) is 15.4. The monoisotopic (exact) mass is 656 g/mol. The number of carbonyl (C=O) groups is 2. The van der Waals surface area contributed by atoms with Gasteiger partial charge in [0.1, 0.15) is 12.4 Å². The topological polar surface area (TPSA) is 146 Å². The molecule has 1 amide bonds. The molecule has 2 fully saturated rings. The second-order valence-corrected chi connectivity index (χ2v) is 12.4. The van der Waals surface area contributed by atoms with Crippen LogP contribution in [0.3, 0.4) is 0 Å². The van der Waals surface area contributed by atoms with Gasteiger partial charge in [0.25, 0.3) is 0 Å². The molecule has 1 aliphatic heterocycles. The van der Waals surface area contributed by atoms with Crippen molar-refractivity contribution in [1.82, 2.24) is 34.9 Å². The average Bonchev–Trinajstić information content (AvgIpc) is 3.41. The maximum Gasteiger partial charge on any atom is 0.335 e. The third-order valence-corrected chi connectivity index (χ3v) is 9.35. The number of hydrogen-bond acceptors (Lipinski definition) is 7. The summed E-state index contributed by atoms with van der Waals surface area (Å²) in [6, 6.07) is 12.2. The summed E-state index contributed by atoms with van der Waals surface area (Å²) in [7, 11) is 0. The fraction of sp³-hybridized carbons (Fsp3) is 0.303. The molecular weight excluding hydrogens is 627 g/mol. The number of rotatable bonds is 9. The molecule has 0 spiro atoms. The summed E-state index contributed by atoms with van der Waals surface area (Å²) in [5.74, 6) is -1.60. The van der Waals surface area contributed by atoms with Gasteiger partial charge in [-0.2, -0.15) is 14.5 Å². The predicted octanol–water partition coefficient (Wildman–Crippen LogP) is 4.95. The summed E-state index contributed by atoms with van der Waals surface area (Å²) in [6.45, 7) is 1.56. The molecule has 7 rings (SSSR count). The number of tetrazole rings is 1. The lowest BCUT2D eigenvalue weighted by Gasteiger charge is -2.27. The first-order chi connectivity index (χ1) is 22.8. The predicted molar refractivity (Wildman–Crippen MR) is 168 cm³/mol. The molecule has 0 radical (unpaired) electrons. The van der Waals surface area contributed by atoms with Crippen molar-refractivity contribution >= 4 is 23.5 Å². The van der Waals surface area contributed by atoms with E-state index in [4.69, 9.17) is 11.6 Å². The van der Waals surface area contributed by atoms with Crippen LogP contribution in [0.25, 0.3) is 27.9 Å². The van der Waals surface area contributed by atoms with Crippen LogP contribution in [0.4, 0.5) is 4.39 Å². The number of nitrogens with zero attached hydrogens (tertiary/aromatic N) is 8. The van der Waals surface area contributed by atoms with E-state index >= 15 is 4.39 Å². The Balaban J connectivity index is 1.23. The Hall–Kier alpha value is -5.17. The highest BCUT2D eigenvalue weighted by Gasteiger charge is 2.47. The zero-order valence-corrected chi connectivity index (χ0v) is 25.9. The molecule has 1 aliphatic carbocycles. The van der Waals surface area contributed by atoms with Crippen LogP contribution < -0.4 is 4.73 Å². The Bertz CT molecular complexity index is 1940. The zero-order chi connectivity index (χ0) is 32.7. The third kappa shape index (κ3) is 6.06. The molecule has 240 valence electrons. The maximum atomic E-state index is 15.5. The lowest BCUT2D eigenvalue weighted by Crippen LogP contribution is -2.37. The molecule has 3 atom stereocenters. The lowest BCUT2D eigenvalue weighted by molar-refractivity contribution is -0.615. The standard InChI is InChI=1S/C33H30ClFN8O4/c34-26-9-11-28(42-19-36-38-39-42)30(31(26)35)22-8-10-27(43(47)18-22)29(15-23-14-25(23)32(44)40-12-2-1-3-13-40)41-17-24(16-37-41)20-4-6-21(7-5-20)33(45)46/h4-11,16-19,23,25,29H,1-3,12-15H2,(H,45,46)/t23?,25?,29-/m1/s1. The van der Waals surface area contributed by atoms with Crippen molar-refractivity contribution in [2.24, 2.45) is 11.8 Å². The molecular formula is C33H30ClFN8O4. The molecule has 3 aromatic heterocycles. The van der Waals surface area contributed by atoms with Gasteiger partial charge < -0.3 is 15.2 Å². The van der Waals surface area contributed by atoms with Crippen molar-refractivity contribution in [2.75, 3.05) is 13.1 Å². The van der Waals surface area contributed by atoms with Crippen LogP contribution in [-0.2, 0) is 4.79 Å². The first kappa shape index (κ1) is 30.5. The van der Waals surface area contributed by atoms with E-state index in [0.29, 0.717) is 22.5 Å². The highest BCUT2D eigenvalue weighted by Crippen LogP contribution is 2.47. The lowest BCUT2D eigenvalue weighted by atomic mass is 10.0. The Labute approximate surface area is 273 Å². The number of aromatic carboxylic acids is 1. The van der Waals surface area contributed by atoms with Gasteiger partial charge >= 0.3 is 5.97 Å². The number of carboxylic acid groups (broad SMARTS) is 1. The van der Waals surface area contributed by atoms with E-state index in [9.17, 15) is 19.9 Å². The average molecular weight is 657 g/mol. The molecule has 14 heteroatoms. The third-order valence-electron chi connectivity index (χ3n) is 9.06. The number of piperidine rings is 1. The Kier molecular flexibility index (Phi) is 8.14. The number of likely N-dealkylation sites (tertiary alicyclic amines) is 1. The number of pyridine rings is 1. The highest BCUT2D eigenvalue weighted by molar-refractivity contribution is 6.31. The Morgan fingerprint density at radius 3 is 2.51 bits per heavy atom. The first-order valence-corrected chi connectivity index (χ1v) is 15.8. The molecule has 1 saturated carbocycles. The number of carboxylic acids is 1. The van der Waals surface area contributed by atoms with Gasteiger partial charge in [0.2, 0.25) is 11.6 Å². The summed E-state index contributed by atoms with van der Waals surface area (Å²) >= 11 is 6.14. The van der Waals surface area contributed by atoms with E-state index in [2.05, 4.69) is 20.6 Å². The smallest absolute Gasteiger partial charge is 0.335 e. The normalized spacial score (nSPS) is 18.2. The quantitative estimate of drug-likeness (QED) is 0.173. The minimum Gasteiger partial charge on any atom is -0.618 e. The van der Waals surface area contributed by atoms with Gasteiger partial charge in [0, 0.05) is 36.8 Å². The van der Waals surface area contributed by atoms with E-state index in [1.807, 2.05) is 11.1 Å². The summed E-state index contributed by atoms with van der Waals surface area (Å²) in [4.78, 5) is 26.6. The molecule has 5 aromatic rings. The van der Waals surface area contributed by atoms with Crippen molar-refractivity contribution in [3.05, 3.63) is 101 Å². The van der Waals surface area contributed by atoms with Gasteiger partial charge in [-0.05, 0) is 84.3 Å². The largest absolute Gasteiger partial charge is 0.618 e. The summed E-state index contributed by atoms with van der Waals surface area (Å²) in [6.07, 6.45) is 10.5. The van der Waals surface area contributed by atoms with E-state index in [-0.39, 0.29) is 39.5 Å². The number of hydrogen-bond donors (Lipinski definition) is 1. The van der Waals surface area contributed by atoms with E-state index in [0.717, 1.165) is 49.9 Å². The second-order valence-electron chi connectivity index (χ2n) is 12.0. The van der Waals surface area contributed by atoms with Crippen LogP contribution in [0, 0.1) is 22.9 Å². The van der Waals surface area contributed by atoms with Crippen molar-refractivity contribution in [2.45, 2.75) is 38.1 Å². The van der Waals surface area contributed by atoms with Gasteiger partial charge in [-0.25, -0.2) is 9.18 Å². The van der Waals surface area contributed by atoms with Crippen molar-refractivity contribution in [3.63, 3.8) is 0 Å². The fourth-order valence-electron chi connectivity index (χ4n) is 6.45. The van der Waals surface area contributed by atoms with Crippen LogP contribution in [0.2, 0.25) is 5.02 Å². The van der Waals surface area contributed by atoms with E-state index < -0.39 is 17.8 Å². The zero-order valence-electron chi connectivity index (χ0n) is 25.1. The number of carbonyl (C=O) groups excluding carboxylic acids is 1. The van der Waals surface area contributed by atoms with Gasteiger partial charge in [0.15, 0.2) is 12.0 Å². The van der Waals surface area contributed by atoms with Gasteiger partial charge in [-0.3, -0.25) is 9.48 Å². The molecule has 1 N–H and O–H groups in total. The highest BCUT2D eigenvalue weighted by atomic mass is 35.5. The Morgan fingerprint density at radius 1 is 1.04 bits per heavy atom. The van der Waals surface area contributed by atoms with Crippen LogP contribution >= 0.6 is 11.6 Å². The van der Waals surface area contributed by atoms with Gasteiger partial charge in [0.05, 0.1) is 33.6 Å². The summed E-state index contributed by atoms with van der Waals surface area (Å²) < 4.78 is 19.2. The molecule has 2 unspecified atom stereocenters. The van der Waals surface area contributed by atoms with Crippen molar-refractivity contribution < 1.29 is 23.8 Å². The molecule has 4 heterocycles. The summed E-state index contributed by atoms with van der Waals surface area (Å²) in [5.41, 5.74) is 2.70. The minimum absolute atomic E-state index is 0.0633. The van der Waals surface area contributed by atoms with Crippen LogP contribution in [0.1, 0.15) is 54.2 Å². The molecule has 1 saturated heterocycles. The van der Waals surface area contributed by atoms with Crippen LogP contribution in [0.15, 0.2) is 73.4 Å². The molecule has 2 aromatic carbocycles. The molecule has 12 nitrogen and oxygen atoms in total. The van der Waals surface area contributed by atoms with Crippen molar-refractivity contribution in [3.8, 4) is 27.9 Å². The van der Waals surface area contributed by atoms with Crippen molar-refractivity contribution in [1.29, 1.82) is 0 Å². The van der Waals surface area contributed by atoms with E-state index in [1.54, 1.807) is 41.2 Å². The molecule has 47 heavy (non-hydrogen) atoms. The van der Waals surface area contributed by atoms with Gasteiger partial charge in [-0.15, -0.1) is 5.10 Å². The van der Waals surface area contributed by atoms with Crippen LogP contribution in [0.5, 0.6) is 0 Å². The minimum atomic E-state index is -1.02. The SMILES string of the molecule is O=C(O)c1ccc(-c2cnn([C@H](CC3CC3C(=O)N3CCCCC3)c3ccc(-c4c(-n5cnnn5)ccc(Cl)c4F)c[n+]3[O-])c2)cc1. The number of halogens is 2. The van der Waals surface area contributed by atoms with Crippen LogP contribution in [-0.4, -0.2) is 65.0 Å². The van der Waals surface area contributed by atoms with Gasteiger partial charge in [-0.1, -0.05) is 23.7 Å². The second kappa shape index (κ2) is 12.6. The molecule has 2 aliphatic rings. The summed E-state index contributed by atoms with van der Waals surface area (Å²) in [5, 5.41) is 38.7. The van der Waals surface area contributed by atoms with E-state index in [1.165, 1.54) is 35.4 Å². The number of benzene rings is 2. The number of aromatic nitrogens is 7.